The van der Waals surface area contributed by atoms with Crippen LogP contribution in [0.2, 0.25) is 0 Å². The van der Waals surface area contributed by atoms with Crippen LogP contribution >= 0.6 is 0 Å². The van der Waals surface area contributed by atoms with Crippen LogP contribution in [0.5, 0.6) is 0 Å². The van der Waals surface area contributed by atoms with Gasteiger partial charge >= 0.3 is 0 Å². The van der Waals surface area contributed by atoms with E-state index in [-0.39, 0.29) is 5.91 Å². The molecule has 1 amide bonds. The number of rotatable bonds is 2. The second-order valence-electron chi connectivity index (χ2n) is 3.65. The van der Waals surface area contributed by atoms with Gasteiger partial charge in [0.25, 0.3) is 5.91 Å². The summed E-state index contributed by atoms with van der Waals surface area (Å²) in [4.78, 5) is 22.1. The molecule has 0 spiro atoms. The van der Waals surface area contributed by atoms with Crippen LogP contribution in [0.15, 0.2) is 12.5 Å². The molecule has 0 atom stereocenters. The normalized spacial score (nSPS) is 16.0. The van der Waals surface area contributed by atoms with E-state index in [1.807, 2.05) is 18.9 Å². The van der Waals surface area contributed by atoms with E-state index in [4.69, 9.17) is 0 Å². The highest BCUT2D eigenvalue weighted by atomic mass is 16.2. The summed E-state index contributed by atoms with van der Waals surface area (Å²) in [6, 6.07) is 0. The zero-order valence-electron chi connectivity index (χ0n) is 9.47. The van der Waals surface area contributed by atoms with Gasteiger partial charge in [-0.2, -0.15) is 0 Å². The molecule has 0 fully saturated rings. The molecule has 0 saturated carbocycles. The molecule has 0 aliphatic carbocycles. The predicted molar refractivity (Wildman–Crippen MR) is 60.0 cm³/mol. The van der Waals surface area contributed by atoms with Gasteiger partial charge < -0.3 is 4.90 Å². The third kappa shape index (κ3) is 1.83. The maximum Gasteiger partial charge on any atom is 0.273 e. The molecule has 6 nitrogen and oxygen atoms in total. The monoisotopic (exact) mass is 221 g/mol. The smallest absolute Gasteiger partial charge is 0.273 e. The Morgan fingerprint density at radius 3 is 3.06 bits per heavy atom. The number of aromatic nitrogens is 2. The minimum Gasteiger partial charge on any atom is -0.357 e. The van der Waals surface area contributed by atoms with Crippen LogP contribution in [0, 0.1) is 0 Å². The molecule has 16 heavy (non-hydrogen) atoms. The van der Waals surface area contributed by atoms with Crippen LogP contribution in [0.1, 0.15) is 17.3 Å². The Morgan fingerprint density at radius 2 is 2.31 bits per heavy atom. The molecule has 6 heteroatoms. The third-order valence-electron chi connectivity index (χ3n) is 2.54. The summed E-state index contributed by atoms with van der Waals surface area (Å²) in [5.41, 5.74) is 3.58. The first-order chi connectivity index (χ1) is 7.74. The Kier molecular flexibility index (Phi) is 3.00. The van der Waals surface area contributed by atoms with Crippen LogP contribution in [-0.4, -0.2) is 47.6 Å². The summed E-state index contributed by atoms with van der Waals surface area (Å²) in [5, 5.41) is 1.62. The number of fused-ring (bicyclic) bond motifs is 1. The zero-order chi connectivity index (χ0) is 11.5. The standard InChI is InChI=1S/C10H15N5O/c1-3-13-15-5-4-14(2)9-8(10(15)16)6-11-7-12-9/h6-7,13H,3-5H2,1-2H3. The van der Waals surface area contributed by atoms with Gasteiger partial charge in [-0.25, -0.2) is 15.4 Å². The first-order valence-electron chi connectivity index (χ1n) is 5.30. The van der Waals surface area contributed by atoms with Crippen molar-refractivity contribution in [2.45, 2.75) is 6.92 Å². The van der Waals surface area contributed by atoms with Crippen LogP contribution in [0.4, 0.5) is 5.82 Å². The first kappa shape index (κ1) is 10.8. The molecule has 0 unspecified atom stereocenters. The van der Waals surface area contributed by atoms with Crippen molar-refractivity contribution in [3.05, 3.63) is 18.1 Å². The van der Waals surface area contributed by atoms with Gasteiger partial charge in [0.05, 0.1) is 6.54 Å². The van der Waals surface area contributed by atoms with Crippen molar-refractivity contribution in [3.8, 4) is 0 Å². The van der Waals surface area contributed by atoms with E-state index in [0.717, 1.165) is 13.1 Å². The fourth-order valence-electron chi connectivity index (χ4n) is 1.72. The van der Waals surface area contributed by atoms with E-state index in [1.54, 1.807) is 11.2 Å². The van der Waals surface area contributed by atoms with Crippen molar-refractivity contribution < 1.29 is 4.79 Å². The summed E-state index contributed by atoms with van der Waals surface area (Å²) in [5.74, 6) is 0.627. The summed E-state index contributed by atoms with van der Waals surface area (Å²) in [6.45, 7) is 4.07. The molecule has 2 rings (SSSR count). The van der Waals surface area contributed by atoms with Gasteiger partial charge in [0, 0.05) is 26.3 Å². The van der Waals surface area contributed by atoms with Gasteiger partial charge in [0.1, 0.15) is 17.7 Å². The largest absolute Gasteiger partial charge is 0.357 e. The molecule has 1 aromatic rings. The van der Waals surface area contributed by atoms with E-state index in [2.05, 4.69) is 15.4 Å². The lowest BCUT2D eigenvalue weighted by atomic mass is 10.3. The Bertz CT molecular complexity index is 395. The number of anilines is 1. The van der Waals surface area contributed by atoms with Crippen LogP contribution in [0.3, 0.4) is 0 Å². The second kappa shape index (κ2) is 4.44. The number of hydrazine groups is 1. The van der Waals surface area contributed by atoms with E-state index in [9.17, 15) is 4.79 Å². The fourth-order valence-corrected chi connectivity index (χ4v) is 1.72. The number of likely N-dealkylation sites (N-methyl/N-ethyl adjacent to an activating group) is 1. The van der Waals surface area contributed by atoms with Gasteiger partial charge in [0.2, 0.25) is 0 Å². The lowest BCUT2D eigenvalue weighted by Crippen LogP contribution is -2.44. The minimum absolute atomic E-state index is 0.0678. The van der Waals surface area contributed by atoms with Gasteiger partial charge in [-0.1, -0.05) is 6.92 Å². The molecule has 0 saturated heterocycles. The summed E-state index contributed by atoms with van der Waals surface area (Å²) < 4.78 is 0. The number of hydrogen-bond donors (Lipinski definition) is 1. The SMILES string of the molecule is CCNN1CCN(C)c2ncncc2C1=O. The lowest BCUT2D eigenvalue weighted by molar-refractivity contribution is 0.0677. The average Bonchev–Trinajstić information content (AvgIpc) is 2.43. The van der Waals surface area contributed by atoms with E-state index in [0.29, 0.717) is 17.9 Å². The lowest BCUT2D eigenvalue weighted by Gasteiger charge is -2.20. The second-order valence-corrected chi connectivity index (χ2v) is 3.65. The van der Waals surface area contributed by atoms with Crippen LogP contribution < -0.4 is 10.3 Å². The first-order valence-corrected chi connectivity index (χ1v) is 5.30. The average molecular weight is 221 g/mol. The molecular formula is C10H15N5O. The molecule has 1 N–H and O–H groups in total. The molecule has 1 aromatic heterocycles. The summed E-state index contributed by atoms with van der Waals surface area (Å²) in [6.07, 6.45) is 3.03. The molecule has 0 radical (unpaired) electrons. The number of amides is 1. The Balaban J connectivity index is 2.37. The number of hydrogen-bond acceptors (Lipinski definition) is 5. The highest BCUT2D eigenvalue weighted by Gasteiger charge is 2.25. The maximum atomic E-state index is 12.1. The van der Waals surface area contributed by atoms with Crippen molar-refractivity contribution >= 4 is 11.7 Å². The zero-order valence-corrected chi connectivity index (χ0v) is 9.47. The number of nitrogens with zero attached hydrogens (tertiary/aromatic N) is 4. The van der Waals surface area contributed by atoms with Gasteiger partial charge in [-0.15, -0.1) is 0 Å². The van der Waals surface area contributed by atoms with Gasteiger partial charge in [0.15, 0.2) is 0 Å². The van der Waals surface area contributed by atoms with E-state index in [1.165, 1.54) is 6.33 Å². The third-order valence-corrected chi connectivity index (χ3v) is 2.54. The van der Waals surface area contributed by atoms with Crippen molar-refractivity contribution in [1.82, 2.24) is 20.4 Å². The highest BCUT2D eigenvalue weighted by Crippen LogP contribution is 2.18. The van der Waals surface area contributed by atoms with Crippen LogP contribution in [0.25, 0.3) is 0 Å². The Labute approximate surface area is 94.3 Å². The predicted octanol–water partition coefficient (Wildman–Crippen LogP) is -0.107. The highest BCUT2D eigenvalue weighted by molar-refractivity contribution is 5.98. The number of carbonyl (C=O) groups is 1. The van der Waals surface area contributed by atoms with Crippen molar-refractivity contribution in [1.29, 1.82) is 0 Å². The quantitative estimate of drug-likeness (QED) is 0.755. The molecule has 0 bridgehead atoms. The van der Waals surface area contributed by atoms with Crippen LogP contribution in [-0.2, 0) is 0 Å². The molecule has 2 heterocycles. The van der Waals surface area contributed by atoms with Gasteiger partial charge in [-0.3, -0.25) is 9.80 Å². The fraction of sp³-hybridized carbons (Fsp3) is 0.500. The van der Waals surface area contributed by atoms with Crippen molar-refractivity contribution in [3.63, 3.8) is 0 Å². The van der Waals surface area contributed by atoms with Crippen molar-refractivity contribution in [2.24, 2.45) is 0 Å². The summed E-state index contributed by atoms with van der Waals surface area (Å²) >= 11 is 0. The Hall–Kier alpha value is -1.69. The number of nitrogens with one attached hydrogen (secondary N) is 1. The topological polar surface area (TPSA) is 61.4 Å². The molecule has 0 aromatic carbocycles. The Morgan fingerprint density at radius 1 is 1.50 bits per heavy atom. The molecule has 1 aliphatic rings. The number of carbonyl (C=O) groups excluding carboxylic acids is 1. The maximum absolute atomic E-state index is 12.1. The van der Waals surface area contributed by atoms with Gasteiger partial charge in [-0.05, 0) is 0 Å². The summed E-state index contributed by atoms with van der Waals surface area (Å²) in [7, 11) is 1.93. The molecule has 86 valence electrons. The van der Waals surface area contributed by atoms with E-state index >= 15 is 0 Å². The molecule has 1 aliphatic heterocycles. The van der Waals surface area contributed by atoms with Crippen molar-refractivity contribution in [2.75, 3.05) is 31.6 Å². The van der Waals surface area contributed by atoms with E-state index < -0.39 is 0 Å². The minimum atomic E-state index is -0.0678. The molecular weight excluding hydrogens is 206 g/mol.